The molecule has 0 aromatic rings. The van der Waals surface area contributed by atoms with E-state index in [1.54, 1.807) is 24.6 Å². The van der Waals surface area contributed by atoms with Crippen LogP contribution in [0.15, 0.2) is 24.6 Å². The van der Waals surface area contributed by atoms with Crippen LogP contribution in [0.25, 0.3) is 0 Å². The third-order valence-corrected chi connectivity index (χ3v) is 0.732. The van der Waals surface area contributed by atoms with Crippen molar-refractivity contribution in [1.29, 1.82) is 0 Å². The number of urea groups is 1. The summed E-state index contributed by atoms with van der Waals surface area (Å²) in [6.45, 7) is 0. The molecule has 1 heterocycles. The first kappa shape index (κ1) is 8.75. The van der Waals surface area contributed by atoms with Gasteiger partial charge in [0, 0.05) is 12.4 Å². The number of allylic oxidation sites excluding steroid dienone is 2. The molecule has 0 saturated carbocycles. The maximum Gasteiger partial charge on any atom is 1.00 e. The summed E-state index contributed by atoms with van der Waals surface area (Å²) in [7, 11) is 0. The van der Waals surface area contributed by atoms with Gasteiger partial charge in [-0.15, -0.1) is 0 Å². The zero-order valence-electron chi connectivity index (χ0n) is 6.22. The first-order valence-corrected chi connectivity index (χ1v) is 2.28. The molecule has 0 unspecified atom stereocenters. The van der Waals surface area contributed by atoms with Crippen molar-refractivity contribution in [3.63, 3.8) is 0 Å². The van der Waals surface area contributed by atoms with Crippen molar-refractivity contribution in [3.05, 3.63) is 24.6 Å². The molecule has 0 spiro atoms. The normalized spacial score (nSPS) is 14.9. The summed E-state index contributed by atoms with van der Waals surface area (Å²) in [5.74, 6) is 0. The molecule has 1 rings (SSSR count). The van der Waals surface area contributed by atoms with Crippen LogP contribution in [-0.4, -0.2) is 6.03 Å². The molecule has 3 nitrogen and oxygen atoms in total. The van der Waals surface area contributed by atoms with Gasteiger partial charge in [0.2, 0.25) is 0 Å². The molecule has 9 heavy (non-hydrogen) atoms. The average Bonchev–Trinajstić information content (AvgIpc) is 1.94. The summed E-state index contributed by atoms with van der Waals surface area (Å²) >= 11 is 0. The Morgan fingerprint density at radius 1 is 1.22 bits per heavy atom. The van der Waals surface area contributed by atoms with Gasteiger partial charge < -0.3 is 12.1 Å². The van der Waals surface area contributed by atoms with Crippen LogP contribution in [0.2, 0.25) is 0 Å². The molecule has 1 aliphatic rings. The van der Waals surface area contributed by atoms with E-state index in [1.165, 1.54) is 0 Å². The van der Waals surface area contributed by atoms with Crippen LogP contribution in [0, 0.1) is 0 Å². The van der Waals surface area contributed by atoms with Gasteiger partial charge in [-0.25, -0.2) is 4.79 Å². The van der Waals surface area contributed by atoms with Crippen molar-refractivity contribution in [3.8, 4) is 0 Å². The molecule has 0 saturated heterocycles. The number of carbonyl (C=O) groups excluding carboxylic acids is 1. The summed E-state index contributed by atoms with van der Waals surface area (Å²) in [4.78, 5) is 10.4. The number of rotatable bonds is 0. The largest absolute Gasteiger partial charge is 1.00 e. The van der Waals surface area contributed by atoms with Crippen LogP contribution in [0.3, 0.4) is 0 Å². The van der Waals surface area contributed by atoms with Gasteiger partial charge in [0.1, 0.15) is 0 Å². The Morgan fingerprint density at radius 2 is 1.67 bits per heavy atom. The van der Waals surface area contributed by atoms with Gasteiger partial charge in [0.15, 0.2) is 0 Å². The second kappa shape index (κ2) is 4.61. The van der Waals surface area contributed by atoms with Gasteiger partial charge >= 0.3 is 35.6 Å². The summed E-state index contributed by atoms with van der Waals surface area (Å²) in [5, 5.41) is 4.90. The smallest absolute Gasteiger partial charge is 1.00 e. The van der Waals surface area contributed by atoms with Crippen LogP contribution >= 0.6 is 0 Å². The van der Waals surface area contributed by atoms with E-state index < -0.39 is 0 Å². The first-order valence-electron chi connectivity index (χ1n) is 2.28. The maximum atomic E-state index is 10.4. The van der Waals surface area contributed by atoms with Gasteiger partial charge in [0.05, 0.1) is 0 Å². The number of carbonyl (C=O) groups is 1. The first-order chi connectivity index (χ1) is 3.89. The Bertz CT molecular complexity index is 142. The predicted molar refractivity (Wildman–Crippen MR) is 31.1 cm³/mol. The Kier molecular flexibility index (Phi) is 4.48. The van der Waals surface area contributed by atoms with Crippen molar-refractivity contribution < 1.29 is 35.8 Å². The van der Waals surface area contributed by atoms with Crippen LogP contribution in [-0.2, 0) is 0 Å². The van der Waals surface area contributed by atoms with Gasteiger partial charge in [-0.05, 0) is 12.2 Å². The van der Waals surface area contributed by atoms with Gasteiger partial charge in [-0.2, -0.15) is 0 Å². The van der Waals surface area contributed by atoms with E-state index in [2.05, 4.69) is 10.6 Å². The fraction of sp³-hybridized carbons (Fsp3) is 0. The van der Waals surface area contributed by atoms with Crippen molar-refractivity contribution in [2.75, 3.05) is 0 Å². The standard InChI is InChI=1S/C5H6N2O.Na.H/c8-5-6-3-1-2-4-7-5;;/h1-4H,(H2,6,7,8);;/q;+1;-1. The second-order valence-corrected chi connectivity index (χ2v) is 1.34. The van der Waals surface area contributed by atoms with Crippen LogP contribution < -0.4 is 40.2 Å². The third kappa shape index (κ3) is 3.35. The molecule has 44 valence electrons. The topological polar surface area (TPSA) is 41.1 Å². The summed E-state index contributed by atoms with van der Waals surface area (Å²) in [6.07, 6.45) is 6.60. The minimum absolute atomic E-state index is 0. The number of nitrogens with one attached hydrogen (secondary N) is 2. The molecule has 0 aromatic heterocycles. The van der Waals surface area contributed by atoms with Crippen molar-refractivity contribution in [1.82, 2.24) is 10.6 Å². The van der Waals surface area contributed by atoms with Gasteiger partial charge in [-0.3, -0.25) is 0 Å². The van der Waals surface area contributed by atoms with Crippen LogP contribution in [0.4, 0.5) is 4.79 Å². The fourth-order valence-corrected chi connectivity index (χ4v) is 0.400. The van der Waals surface area contributed by atoms with Crippen molar-refractivity contribution in [2.45, 2.75) is 0 Å². The van der Waals surface area contributed by atoms with Crippen molar-refractivity contribution >= 4 is 6.03 Å². The summed E-state index contributed by atoms with van der Waals surface area (Å²) in [6, 6.07) is -0.199. The number of hydrogen-bond acceptors (Lipinski definition) is 1. The molecular formula is C5H7N2NaO. The van der Waals surface area contributed by atoms with Gasteiger partial charge in [0.25, 0.3) is 0 Å². The van der Waals surface area contributed by atoms with E-state index in [0.717, 1.165) is 0 Å². The zero-order chi connectivity index (χ0) is 5.82. The molecule has 4 heteroatoms. The number of amides is 2. The maximum absolute atomic E-state index is 10.4. The van der Waals surface area contributed by atoms with E-state index in [-0.39, 0.29) is 37.0 Å². The molecule has 2 amide bonds. The monoisotopic (exact) mass is 134 g/mol. The minimum atomic E-state index is -0.199. The summed E-state index contributed by atoms with van der Waals surface area (Å²) in [5.41, 5.74) is 0. The molecule has 1 aliphatic heterocycles. The Labute approximate surface area is 77.0 Å². The Balaban J connectivity index is 0. The molecule has 0 aromatic carbocycles. The SMILES string of the molecule is O=C1NC=CC=CN1.[H-].[Na+]. The van der Waals surface area contributed by atoms with E-state index >= 15 is 0 Å². The van der Waals surface area contributed by atoms with Crippen LogP contribution in [0.5, 0.6) is 0 Å². The fourth-order valence-electron chi connectivity index (χ4n) is 0.400. The molecule has 2 N–H and O–H groups in total. The van der Waals surface area contributed by atoms with E-state index in [9.17, 15) is 4.79 Å². The second-order valence-electron chi connectivity index (χ2n) is 1.34. The molecule has 0 radical (unpaired) electrons. The predicted octanol–water partition coefficient (Wildman–Crippen LogP) is -2.56. The van der Waals surface area contributed by atoms with E-state index in [4.69, 9.17) is 0 Å². The van der Waals surface area contributed by atoms with Crippen LogP contribution in [0.1, 0.15) is 1.43 Å². The Morgan fingerprint density at radius 3 is 2.11 bits per heavy atom. The third-order valence-electron chi connectivity index (χ3n) is 0.732. The molecule has 0 fully saturated rings. The minimum Gasteiger partial charge on any atom is -1.00 e. The van der Waals surface area contributed by atoms with Crippen molar-refractivity contribution in [2.24, 2.45) is 0 Å². The molecule has 0 bridgehead atoms. The molecular weight excluding hydrogens is 127 g/mol. The van der Waals surface area contributed by atoms with E-state index in [1.807, 2.05) is 0 Å². The quantitative estimate of drug-likeness (QED) is 0.352. The Hall–Kier alpha value is -0.250. The number of hydrogen-bond donors (Lipinski definition) is 2. The average molecular weight is 134 g/mol. The molecule has 0 aliphatic carbocycles. The van der Waals surface area contributed by atoms with E-state index in [0.29, 0.717) is 0 Å². The molecule has 0 atom stereocenters. The van der Waals surface area contributed by atoms with Gasteiger partial charge in [-0.1, -0.05) is 0 Å². The zero-order valence-corrected chi connectivity index (χ0v) is 7.22. The summed E-state index contributed by atoms with van der Waals surface area (Å²) < 4.78 is 0.